The number of hydrogen-bond donors (Lipinski definition) is 2. The van der Waals surface area contributed by atoms with Crippen molar-refractivity contribution in [3.63, 3.8) is 0 Å². The molecule has 0 spiro atoms. The molecule has 1 aliphatic rings. The normalized spacial score (nSPS) is 31.6. The molecular weight excluding hydrogens is 202 g/mol. The van der Waals surface area contributed by atoms with E-state index in [0.29, 0.717) is 13.0 Å². The molecule has 0 bridgehead atoms. The van der Waals surface area contributed by atoms with Gasteiger partial charge in [0.05, 0.1) is 0 Å². The van der Waals surface area contributed by atoms with E-state index >= 15 is 0 Å². The van der Waals surface area contributed by atoms with Crippen molar-refractivity contribution in [2.45, 2.75) is 24.1 Å². The lowest BCUT2D eigenvalue weighted by Gasteiger charge is -2.32. The topological polar surface area (TPSA) is 57.6 Å². The first-order valence-electron chi connectivity index (χ1n) is 4.30. The minimum Gasteiger partial charge on any atom is -0.479 e. The molecule has 14 heavy (non-hydrogen) atoms. The molecule has 1 fully saturated rings. The Hall–Kier alpha value is -0.970. The molecule has 1 rings (SSSR count). The second-order valence-corrected chi connectivity index (χ2v) is 4.07. The fourth-order valence-corrected chi connectivity index (χ4v) is 2.02. The highest BCUT2D eigenvalue weighted by Crippen LogP contribution is 2.33. The third kappa shape index (κ3) is 1.41. The number of amides is 1. The van der Waals surface area contributed by atoms with Crippen molar-refractivity contribution in [3.05, 3.63) is 12.7 Å². The summed E-state index contributed by atoms with van der Waals surface area (Å²) in [4.78, 5) is 23.8. The van der Waals surface area contributed by atoms with Crippen LogP contribution in [0.15, 0.2) is 12.7 Å². The van der Waals surface area contributed by atoms with Gasteiger partial charge >= 0.3 is 5.97 Å². The summed E-state index contributed by atoms with van der Waals surface area (Å²) in [5, 5.41) is 8.75. The van der Waals surface area contributed by atoms with Crippen LogP contribution < -0.4 is 0 Å². The standard InChI is InChI=1S/C9H13NO3S/c1-3-7(11)10-5-4-6(14)9(10,2)8(12)13/h3,6,14H,1,4-5H2,2H3,(H,12,13)/t6?,9-/m1/s1. The van der Waals surface area contributed by atoms with Crippen LogP contribution in [0.1, 0.15) is 13.3 Å². The van der Waals surface area contributed by atoms with Gasteiger partial charge in [0.25, 0.3) is 0 Å². The number of likely N-dealkylation sites (tertiary alicyclic amines) is 1. The Morgan fingerprint density at radius 1 is 1.71 bits per heavy atom. The zero-order chi connectivity index (χ0) is 10.9. The van der Waals surface area contributed by atoms with Gasteiger partial charge in [0, 0.05) is 11.8 Å². The van der Waals surface area contributed by atoms with Gasteiger partial charge in [-0.2, -0.15) is 12.6 Å². The van der Waals surface area contributed by atoms with Crippen molar-refractivity contribution in [2.75, 3.05) is 6.54 Å². The van der Waals surface area contributed by atoms with E-state index < -0.39 is 11.5 Å². The van der Waals surface area contributed by atoms with Crippen LogP contribution in [0.3, 0.4) is 0 Å². The average molecular weight is 215 g/mol. The van der Waals surface area contributed by atoms with Gasteiger partial charge in [-0.1, -0.05) is 6.58 Å². The number of carbonyl (C=O) groups is 2. The highest BCUT2D eigenvalue weighted by molar-refractivity contribution is 7.81. The SMILES string of the molecule is C=CC(=O)N1CCC(S)[C@]1(C)C(=O)O. The van der Waals surface area contributed by atoms with Crippen LogP contribution in [0.5, 0.6) is 0 Å². The molecule has 0 aromatic carbocycles. The van der Waals surface area contributed by atoms with Gasteiger partial charge < -0.3 is 10.0 Å². The molecule has 1 heterocycles. The van der Waals surface area contributed by atoms with E-state index in [1.54, 1.807) is 0 Å². The van der Waals surface area contributed by atoms with Crippen molar-refractivity contribution in [2.24, 2.45) is 0 Å². The van der Waals surface area contributed by atoms with E-state index in [4.69, 9.17) is 5.11 Å². The summed E-state index contributed by atoms with van der Waals surface area (Å²) in [6, 6.07) is 0. The fourth-order valence-electron chi connectivity index (χ4n) is 1.65. The Morgan fingerprint density at radius 3 is 2.71 bits per heavy atom. The number of carboxylic acid groups (broad SMARTS) is 1. The fraction of sp³-hybridized carbons (Fsp3) is 0.556. The molecular formula is C9H13NO3S. The minimum absolute atomic E-state index is 0.330. The molecule has 0 aliphatic carbocycles. The summed E-state index contributed by atoms with van der Waals surface area (Å²) < 4.78 is 0. The predicted molar refractivity (Wildman–Crippen MR) is 55.3 cm³/mol. The summed E-state index contributed by atoms with van der Waals surface area (Å²) in [6.45, 7) is 5.28. The van der Waals surface area contributed by atoms with Gasteiger partial charge in [-0.15, -0.1) is 0 Å². The number of rotatable bonds is 2. The summed E-state index contributed by atoms with van der Waals surface area (Å²) in [7, 11) is 0. The maximum Gasteiger partial charge on any atom is 0.330 e. The third-order valence-electron chi connectivity index (χ3n) is 2.71. The maximum atomic E-state index is 11.4. The summed E-state index contributed by atoms with van der Waals surface area (Å²) in [6.07, 6.45) is 1.72. The van der Waals surface area contributed by atoms with Crippen LogP contribution in [0.25, 0.3) is 0 Å². The molecule has 1 N–H and O–H groups in total. The molecule has 5 heteroatoms. The van der Waals surface area contributed by atoms with Crippen LogP contribution in [0.4, 0.5) is 0 Å². The number of carbonyl (C=O) groups excluding carboxylic acids is 1. The molecule has 78 valence electrons. The Labute approximate surface area is 88.0 Å². The molecule has 1 amide bonds. The first kappa shape index (κ1) is 11.1. The van der Waals surface area contributed by atoms with Crippen molar-refractivity contribution in [1.29, 1.82) is 0 Å². The lowest BCUT2D eigenvalue weighted by molar-refractivity contribution is -0.153. The molecule has 4 nitrogen and oxygen atoms in total. The smallest absolute Gasteiger partial charge is 0.330 e. The molecule has 0 aromatic rings. The molecule has 0 aromatic heterocycles. The van der Waals surface area contributed by atoms with E-state index in [1.807, 2.05) is 0 Å². The van der Waals surface area contributed by atoms with Crippen LogP contribution in [-0.4, -0.2) is 39.2 Å². The summed E-state index contributed by atoms with van der Waals surface area (Å²) >= 11 is 4.20. The highest BCUT2D eigenvalue weighted by atomic mass is 32.1. The monoisotopic (exact) mass is 215 g/mol. The molecule has 1 saturated heterocycles. The largest absolute Gasteiger partial charge is 0.479 e. The Kier molecular flexibility index (Phi) is 2.89. The molecule has 0 saturated carbocycles. The van der Waals surface area contributed by atoms with Crippen LogP contribution in [0, 0.1) is 0 Å². The maximum absolute atomic E-state index is 11.4. The van der Waals surface area contributed by atoms with Gasteiger partial charge in [0.2, 0.25) is 5.91 Å². The van der Waals surface area contributed by atoms with Crippen LogP contribution in [-0.2, 0) is 9.59 Å². The molecule has 2 atom stereocenters. The Balaban J connectivity index is 3.03. The number of carboxylic acids is 1. The highest BCUT2D eigenvalue weighted by Gasteiger charge is 2.51. The summed E-state index contributed by atoms with van der Waals surface area (Å²) in [5.74, 6) is -1.38. The van der Waals surface area contributed by atoms with E-state index in [-0.39, 0.29) is 11.2 Å². The Bertz CT molecular complexity index is 292. The van der Waals surface area contributed by atoms with E-state index in [0.717, 1.165) is 6.08 Å². The molecule has 1 aliphatic heterocycles. The van der Waals surface area contributed by atoms with E-state index in [9.17, 15) is 9.59 Å². The first-order chi connectivity index (χ1) is 6.44. The zero-order valence-corrected chi connectivity index (χ0v) is 8.83. The number of nitrogens with zero attached hydrogens (tertiary/aromatic N) is 1. The lowest BCUT2D eigenvalue weighted by atomic mass is 9.98. The minimum atomic E-state index is -1.21. The van der Waals surface area contributed by atoms with Crippen LogP contribution >= 0.6 is 12.6 Å². The Morgan fingerprint density at radius 2 is 2.29 bits per heavy atom. The van der Waals surface area contributed by atoms with Gasteiger partial charge in [-0.05, 0) is 19.4 Å². The first-order valence-corrected chi connectivity index (χ1v) is 4.81. The zero-order valence-electron chi connectivity index (χ0n) is 7.93. The van der Waals surface area contributed by atoms with Gasteiger partial charge in [0.1, 0.15) is 5.54 Å². The quantitative estimate of drug-likeness (QED) is 0.522. The van der Waals surface area contributed by atoms with E-state index in [2.05, 4.69) is 19.2 Å². The van der Waals surface area contributed by atoms with Gasteiger partial charge in [0.15, 0.2) is 0 Å². The van der Waals surface area contributed by atoms with Crippen molar-refractivity contribution in [3.8, 4) is 0 Å². The van der Waals surface area contributed by atoms with Crippen LogP contribution in [0.2, 0.25) is 0 Å². The van der Waals surface area contributed by atoms with Crippen molar-refractivity contribution in [1.82, 2.24) is 4.90 Å². The van der Waals surface area contributed by atoms with Crippen molar-refractivity contribution >= 4 is 24.5 Å². The number of hydrogen-bond acceptors (Lipinski definition) is 3. The third-order valence-corrected chi connectivity index (χ3v) is 3.47. The molecule has 0 radical (unpaired) electrons. The molecule has 1 unspecified atom stereocenters. The number of aliphatic carboxylic acids is 1. The van der Waals surface area contributed by atoms with E-state index in [1.165, 1.54) is 11.8 Å². The van der Waals surface area contributed by atoms with Gasteiger partial charge in [-0.25, -0.2) is 4.79 Å². The summed E-state index contributed by atoms with van der Waals surface area (Å²) in [5.41, 5.74) is -1.21. The van der Waals surface area contributed by atoms with Crippen molar-refractivity contribution < 1.29 is 14.7 Å². The predicted octanol–water partition coefficient (Wildman–Crippen LogP) is 0.546. The second-order valence-electron chi connectivity index (χ2n) is 3.45. The number of thiol groups is 1. The second kappa shape index (κ2) is 3.65. The lowest BCUT2D eigenvalue weighted by Crippen LogP contribution is -2.54. The average Bonchev–Trinajstić information content (AvgIpc) is 2.44. The van der Waals surface area contributed by atoms with Gasteiger partial charge in [-0.3, -0.25) is 4.79 Å².